The first-order chi connectivity index (χ1) is 13.1. The Morgan fingerprint density at radius 1 is 1.22 bits per heavy atom. The number of aromatic nitrogens is 5. The van der Waals surface area contributed by atoms with Gasteiger partial charge in [-0.05, 0) is 43.5 Å². The largest absolute Gasteiger partial charge is 0.330 e. The molecule has 2 aromatic heterocycles. The Labute approximate surface area is 158 Å². The van der Waals surface area contributed by atoms with Crippen molar-refractivity contribution in [3.8, 4) is 0 Å². The Morgan fingerprint density at radius 3 is 2.89 bits per heavy atom. The summed E-state index contributed by atoms with van der Waals surface area (Å²) in [5, 5.41) is 8.89. The van der Waals surface area contributed by atoms with E-state index >= 15 is 0 Å². The van der Waals surface area contributed by atoms with Gasteiger partial charge in [0.05, 0.1) is 12.9 Å². The zero-order chi connectivity index (χ0) is 18.8. The molecular formula is C20H25FN6. The highest BCUT2D eigenvalue weighted by Gasteiger charge is 2.26. The van der Waals surface area contributed by atoms with Gasteiger partial charge in [0.2, 0.25) is 0 Å². The summed E-state index contributed by atoms with van der Waals surface area (Å²) in [6, 6.07) is 5.40. The van der Waals surface area contributed by atoms with Crippen LogP contribution in [-0.4, -0.2) is 42.3 Å². The second-order valence-electron chi connectivity index (χ2n) is 7.43. The highest BCUT2D eigenvalue weighted by atomic mass is 19.1. The number of benzene rings is 1. The smallest absolute Gasteiger partial charge is 0.152 e. The third kappa shape index (κ3) is 3.93. The summed E-state index contributed by atoms with van der Waals surface area (Å²) in [4.78, 5) is 6.52. The molecule has 3 aromatic rings. The van der Waals surface area contributed by atoms with Crippen LogP contribution in [0.1, 0.15) is 41.5 Å². The van der Waals surface area contributed by atoms with Gasteiger partial charge in [-0.15, -0.1) is 10.2 Å². The number of rotatable bonds is 5. The van der Waals surface area contributed by atoms with Gasteiger partial charge in [0.25, 0.3) is 0 Å². The van der Waals surface area contributed by atoms with E-state index in [0.29, 0.717) is 18.0 Å². The summed E-state index contributed by atoms with van der Waals surface area (Å²) in [6.45, 7) is 5.35. The molecule has 0 radical (unpaired) electrons. The van der Waals surface area contributed by atoms with Crippen molar-refractivity contribution in [1.29, 1.82) is 0 Å². The quantitative estimate of drug-likeness (QED) is 0.695. The minimum Gasteiger partial charge on any atom is -0.330 e. The van der Waals surface area contributed by atoms with Crippen LogP contribution in [0.4, 0.5) is 4.39 Å². The first-order valence-electron chi connectivity index (χ1n) is 9.41. The lowest BCUT2D eigenvalue weighted by molar-refractivity contribution is 0.195. The lowest BCUT2D eigenvalue weighted by Gasteiger charge is -2.32. The van der Waals surface area contributed by atoms with Crippen LogP contribution in [0.15, 0.2) is 36.9 Å². The van der Waals surface area contributed by atoms with Crippen molar-refractivity contribution in [3.63, 3.8) is 0 Å². The van der Waals surface area contributed by atoms with Crippen molar-refractivity contribution in [3.05, 3.63) is 65.5 Å². The van der Waals surface area contributed by atoms with Crippen LogP contribution in [0.2, 0.25) is 0 Å². The van der Waals surface area contributed by atoms with E-state index in [4.69, 9.17) is 0 Å². The van der Waals surface area contributed by atoms with Crippen molar-refractivity contribution < 1.29 is 4.39 Å². The van der Waals surface area contributed by atoms with Crippen LogP contribution in [-0.2, 0) is 20.1 Å². The molecule has 0 saturated carbocycles. The van der Waals surface area contributed by atoms with Gasteiger partial charge >= 0.3 is 0 Å². The fourth-order valence-electron chi connectivity index (χ4n) is 3.89. The maximum atomic E-state index is 13.5. The lowest BCUT2D eigenvalue weighted by Crippen LogP contribution is -2.34. The molecule has 0 N–H and O–H groups in total. The Bertz CT molecular complexity index is 901. The predicted molar refractivity (Wildman–Crippen MR) is 101 cm³/mol. The second kappa shape index (κ2) is 7.60. The van der Waals surface area contributed by atoms with E-state index in [-0.39, 0.29) is 5.82 Å². The van der Waals surface area contributed by atoms with Crippen molar-refractivity contribution in [2.24, 2.45) is 7.05 Å². The summed E-state index contributed by atoms with van der Waals surface area (Å²) in [7, 11) is 2.05. The first kappa shape index (κ1) is 17.9. The van der Waals surface area contributed by atoms with E-state index in [1.54, 1.807) is 18.6 Å². The zero-order valence-corrected chi connectivity index (χ0v) is 15.8. The molecule has 1 fully saturated rings. The molecule has 1 aliphatic rings. The van der Waals surface area contributed by atoms with E-state index in [1.807, 2.05) is 36.9 Å². The van der Waals surface area contributed by atoms with Crippen LogP contribution >= 0.6 is 0 Å². The molecule has 6 nitrogen and oxygen atoms in total. The van der Waals surface area contributed by atoms with E-state index in [2.05, 4.69) is 24.6 Å². The number of piperidine rings is 1. The first-order valence-corrected chi connectivity index (χ1v) is 9.41. The van der Waals surface area contributed by atoms with Crippen LogP contribution < -0.4 is 0 Å². The average Bonchev–Trinajstić information content (AvgIpc) is 3.29. The number of imidazole rings is 1. The fraction of sp³-hybridized carbons (Fsp3) is 0.450. The molecule has 1 atom stereocenters. The molecule has 1 aliphatic heterocycles. The molecule has 3 heterocycles. The number of nitrogens with zero attached hydrogens (tertiary/aromatic N) is 6. The third-order valence-electron chi connectivity index (χ3n) is 5.38. The highest BCUT2D eigenvalue weighted by molar-refractivity contribution is 5.24. The second-order valence-corrected chi connectivity index (χ2v) is 7.43. The van der Waals surface area contributed by atoms with Gasteiger partial charge in [0.1, 0.15) is 11.6 Å². The number of aryl methyl sites for hydroxylation is 1. The Balaban J connectivity index is 1.45. The van der Waals surface area contributed by atoms with E-state index in [9.17, 15) is 4.39 Å². The molecule has 142 valence electrons. The fourth-order valence-corrected chi connectivity index (χ4v) is 3.89. The molecule has 7 heteroatoms. The van der Waals surface area contributed by atoms with Crippen molar-refractivity contribution in [2.45, 2.75) is 38.8 Å². The van der Waals surface area contributed by atoms with Crippen molar-refractivity contribution in [2.75, 3.05) is 13.1 Å². The average molecular weight is 368 g/mol. The monoisotopic (exact) mass is 368 g/mol. The molecule has 1 unspecified atom stereocenters. The standard InChI is InChI=1S/C20H25FN6/c1-15-10-16(5-6-18(15)21)11-26-8-3-4-17(12-26)20-24-23-19(25(20)2)13-27-9-7-22-14-27/h5-7,9-10,14,17H,3-4,8,11-13H2,1-2H3. The van der Waals surface area contributed by atoms with Gasteiger partial charge in [-0.1, -0.05) is 12.1 Å². The van der Waals surface area contributed by atoms with E-state index in [0.717, 1.165) is 49.7 Å². The maximum Gasteiger partial charge on any atom is 0.152 e. The van der Waals surface area contributed by atoms with Crippen LogP contribution in [0.25, 0.3) is 0 Å². The molecule has 1 saturated heterocycles. The molecule has 4 rings (SSSR count). The number of halogens is 1. The molecule has 0 aliphatic carbocycles. The summed E-state index contributed by atoms with van der Waals surface area (Å²) < 4.78 is 17.6. The molecule has 27 heavy (non-hydrogen) atoms. The highest BCUT2D eigenvalue weighted by Crippen LogP contribution is 2.27. The third-order valence-corrected chi connectivity index (χ3v) is 5.38. The minimum absolute atomic E-state index is 0.139. The number of likely N-dealkylation sites (tertiary alicyclic amines) is 1. The van der Waals surface area contributed by atoms with Crippen molar-refractivity contribution in [1.82, 2.24) is 29.2 Å². The summed E-state index contributed by atoms with van der Waals surface area (Å²) in [5.41, 5.74) is 1.87. The van der Waals surface area contributed by atoms with Gasteiger partial charge < -0.3 is 9.13 Å². The van der Waals surface area contributed by atoms with Crippen LogP contribution in [0, 0.1) is 12.7 Å². The van der Waals surface area contributed by atoms with Gasteiger partial charge in [-0.2, -0.15) is 0 Å². The topological polar surface area (TPSA) is 51.8 Å². The summed E-state index contributed by atoms with van der Waals surface area (Å²) in [5.74, 6) is 2.22. The van der Waals surface area contributed by atoms with Crippen molar-refractivity contribution >= 4 is 0 Å². The Hall–Kier alpha value is -2.54. The SMILES string of the molecule is Cc1cc(CN2CCCC(c3nnc(Cn4ccnc4)n3C)C2)ccc1F. The van der Waals surface area contributed by atoms with E-state index in [1.165, 1.54) is 0 Å². The van der Waals surface area contributed by atoms with Crippen LogP contribution in [0.5, 0.6) is 0 Å². The Morgan fingerprint density at radius 2 is 2.11 bits per heavy atom. The summed E-state index contributed by atoms with van der Waals surface area (Å²) >= 11 is 0. The van der Waals surface area contributed by atoms with Crippen LogP contribution in [0.3, 0.4) is 0 Å². The zero-order valence-electron chi connectivity index (χ0n) is 15.8. The maximum absolute atomic E-state index is 13.5. The summed E-state index contributed by atoms with van der Waals surface area (Å²) in [6.07, 6.45) is 7.75. The van der Waals surface area contributed by atoms with E-state index < -0.39 is 0 Å². The number of hydrogen-bond donors (Lipinski definition) is 0. The molecular weight excluding hydrogens is 343 g/mol. The molecule has 0 spiro atoms. The van der Waals surface area contributed by atoms with Gasteiger partial charge in [0.15, 0.2) is 5.82 Å². The normalized spacial score (nSPS) is 18.1. The molecule has 1 aromatic carbocycles. The molecule has 0 amide bonds. The van der Waals surface area contributed by atoms with Gasteiger partial charge in [-0.3, -0.25) is 4.90 Å². The van der Waals surface area contributed by atoms with Gasteiger partial charge in [-0.25, -0.2) is 9.37 Å². The number of hydrogen-bond acceptors (Lipinski definition) is 4. The lowest BCUT2D eigenvalue weighted by atomic mass is 9.96. The Kier molecular flexibility index (Phi) is 5.03. The molecule has 0 bridgehead atoms. The minimum atomic E-state index is -0.139. The predicted octanol–water partition coefficient (Wildman–Crippen LogP) is 2.89. The van der Waals surface area contributed by atoms with Gasteiger partial charge in [0, 0.05) is 38.4 Å².